The van der Waals surface area contributed by atoms with E-state index in [2.05, 4.69) is 17.0 Å². The van der Waals surface area contributed by atoms with E-state index in [1.807, 2.05) is 6.92 Å². The second-order valence-corrected chi connectivity index (χ2v) is 3.69. The number of allylic oxidation sites excluding steroid dienone is 4. The molecule has 0 aliphatic carbocycles. The molecule has 0 atom stereocenters. The van der Waals surface area contributed by atoms with Crippen molar-refractivity contribution in [2.24, 2.45) is 5.84 Å². The van der Waals surface area contributed by atoms with E-state index in [9.17, 15) is 8.78 Å². The Balaban J connectivity index is 2.57. The minimum atomic E-state index is -0.646. The predicted octanol–water partition coefficient (Wildman–Crippen LogP) is 2.95. The van der Waals surface area contributed by atoms with Crippen molar-refractivity contribution in [3.8, 4) is 5.88 Å². The number of halogens is 2. The first-order chi connectivity index (χ1) is 9.02. The van der Waals surface area contributed by atoms with Gasteiger partial charge in [0.25, 0.3) is 0 Å². The Morgan fingerprint density at radius 3 is 2.89 bits per heavy atom. The van der Waals surface area contributed by atoms with Crippen molar-refractivity contribution in [2.75, 3.05) is 12.0 Å². The van der Waals surface area contributed by atoms with Gasteiger partial charge in [-0.25, -0.2) is 13.8 Å². The van der Waals surface area contributed by atoms with Gasteiger partial charge in [-0.1, -0.05) is 12.7 Å². The lowest BCUT2D eigenvalue weighted by Crippen LogP contribution is -2.09. The molecule has 0 bridgehead atoms. The molecule has 0 saturated heterocycles. The summed E-state index contributed by atoms with van der Waals surface area (Å²) in [4.78, 5) is 3.94. The van der Waals surface area contributed by atoms with Gasteiger partial charge in [-0.05, 0) is 24.6 Å². The van der Waals surface area contributed by atoms with Gasteiger partial charge in [-0.2, -0.15) is 0 Å². The molecular formula is C13H15F2N3O. The Bertz CT molecular complexity index is 513. The lowest BCUT2D eigenvalue weighted by Gasteiger charge is -2.07. The molecule has 0 amide bonds. The van der Waals surface area contributed by atoms with Crippen molar-refractivity contribution in [1.29, 1.82) is 0 Å². The first-order valence-corrected chi connectivity index (χ1v) is 5.46. The van der Waals surface area contributed by atoms with Gasteiger partial charge in [-0.3, -0.25) is 5.84 Å². The number of nitrogen functional groups attached to an aromatic ring is 1. The number of hydrogen-bond donors (Lipinski definition) is 2. The van der Waals surface area contributed by atoms with Gasteiger partial charge >= 0.3 is 0 Å². The fraction of sp³-hybridized carbons (Fsp3) is 0.154. The Kier molecular flexibility index (Phi) is 5.69. The minimum Gasteiger partial charge on any atom is -0.470 e. The fourth-order valence-electron chi connectivity index (χ4n) is 1.21. The summed E-state index contributed by atoms with van der Waals surface area (Å²) in [6, 6.07) is 1.63. The molecule has 4 nitrogen and oxygen atoms in total. The van der Waals surface area contributed by atoms with E-state index in [1.54, 1.807) is 6.07 Å². The third-order valence-electron chi connectivity index (χ3n) is 2.15. The highest BCUT2D eigenvalue weighted by Crippen LogP contribution is 2.17. The van der Waals surface area contributed by atoms with Crippen LogP contribution >= 0.6 is 0 Å². The molecule has 0 aliphatic rings. The number of hydrogen-bond acceptors (Lipinski definition) is 4. The maximum Gasteiger partial charge on any atom is 0.213 e. The Morgan fingerprint density at radius 2 is 2.32 bits per heavy atom. The van der Waals surface area contributed by atoms with Gasteiger partial charge in [-0.15, -0.1) is 0 Å². The topological polar surface area (TPSA) is 60.2 Å². The number of ether oxygens (including phenoxy) is 1. The van der Waals surface area contributed by atoms with Gasteiger partial charge < -0.3 is 10.2 Å². The molecule has 1 aromatic heterocycles. The standard InChI is InChI=1S/C13H15F2N3O/c1-9-6-13(17-7-12(9)18-16)19-8-11(15)5-3-4-10(2)14/h3-7,18H,2,8,16H2,1H3/b4-3-,11-5+. The van der Waals surface area contributed by atoms with Crippen LogP contribution in [0.15, 0.2) is 48.7 Å². The number of nitrogens with two attached hydrogens (primary N) is 1. The number of pyridine rings is 1. The molecule has 1 aromatic rings. The van der Waals surface area contributed by atoms with E-state index in [0.717, 1.165) is 17.7 Å². The summed E-state index contributed by atoms with van der Waals surface area (Å²) in [5.41, 5.74) is 3.95. The first kappa shape index (κ1) is 14.8. The molecule has 1 rings (SSSR count). The summed E-state index contributed by atoms with van der Waals surface area (Å²) in [6.07, 6.45) is 4.83. The second kappa shape index (κ2) is 7.27. The number of aromatic nitrogens is 1. The molecule has 0 spiro atoms. The quantitative estimate of drug-likeness (QED) is 0.472. The lowest BCUT2D eigenvalue weighted by atomic mass is 10.2. The smallest absolute Gasteiger partial charge is 0.213 e. The van der Waals surface area contributed by atoms with Crippen LogP contribution in [-0.4, -0.2) is 11.6 Å². The lowest BCUT2D eigenvalue weighted by molar-refractivity contribution is 0.307. The molecule has 0 unspecified atom stereocenters. The van der Waals surface area contributed by atoms with Crippen LogP contribution in [-0.2, 0) is 0 Å². The molecule has 0 aromatic carbocycles. The number of anilines is 1. The average molecular weight is 267 g/mol. The third-order valence-corrected chi connectivity index (χ3v) is 2.15. The van der Waals surface area contributed by atoms with Crippen molar-refractivity contribution < 1.29 is 13.5 Å². The molecular weight excluding hydrogens is 252 g/mol. The Labute approximate surface area is 110 Å². The summed E-state index contributed by atoms with van der Waals surface area (Å²) in [5.74, 6) is 4.33. The van der Waals surface area contributed by atoms with Gasteiger partial charge in [0.05, 0.1) is 11.9 Å². The van der Waals surface area contributed by atoms with E-state index < -0.39 is 11.7 Å². The SMILES string of the molecule is C=C(F)/C=C\C=C(\F)COc1cc(C)c(NN)cn1. The number of nitrogens with zero attached hydrogens (tertiary/aromatic N) is 1. The van der Waals surface area contributed by atoms with Gasteiger partial charge in [0.15, 0.2) is 0 Å². The summed E-state index contributed by atoms with van der Waals surface area (Å²) in [5, 5.41) is 0. The summed E-state index contributed by atoms with van der Waals surface area (Å²) >= 11 is 0. The fourth-order valence-corrected chi connectivity index (χ4v) is 1.21. The van der Waals surface area contributed by atoms with Gasteiger partial charge in [0.2, 0.25) is 5.88 Å². The van der Waals surface area contributed by atoms with Crippen molar-refractivity contribution in [3.63, 3.8) is 0 Å². The maximum atomic E-state index is 13.3. The Morgan fingerprint density at radius 1 is 1.58 bits per heavy atom. The first-order valence-electron chi connectivity index (χ1n) is 5.46. The van der Waals surface area contributed by atoms with E-state index in [1.165, 1.54) is 12.3 Å². The van der Waals surface area contributed by atoms with Crippen LogP contribution in [0.2, 0.25) is 0 Å². The van der Waals surface area contributed by atoms with Gasteiger partial charge in [0.1, 0.15) is 18.3 Å². The summed E-state index contributed by atoms with van der Waals surface area (Å²) in [6.45, 7) is 4.53. The van der Waals surface area contributed by atoms with Crippen LogP contribution in [0.1, 0.15) is 5.56 Å². The molecule has 0 saturated carbocycles. The van der Waals surface area contributed by atoms with E-state index in [0.29, 0.717) is 5.69 Å². The zero-order chi connectivity index (χ0) is 14.3. The van der Waals surface area contributed by atoms with Crippen LogP contribution in [0.5, 0.6) is 5.88 Å². The van der Waals surface area contributed by atoms with Crippen molar-refractivity contribution in [3.05, 3.63) is 54.3 Å². The van der Waals surface area contributed by atoms with Crippen molar-refractivity contribution in [1.82, 2.24) is 4.98 Å². The van der Waals surface area contributed by atoms with Crippen molar-refractivity contribution >= 4 is 5.69 Å². The zero-order valence-corrected chi connectivity index (χ0v) is 10.5. The molecule has 19 heavy (non-hydrogen) atoms. The highest BCUT2D eigenvalue weighted by molar-refractivity contribution is 5.48. The number of rotatable bonds is 6. The molecule has 6 heteroatoms. The zero-order valence-electron chi connectivity index (χ0n) is 10.5. The Hall–Kier alpha value is -2.21. The van der Waals surface area contributed by atoms with E-state index in [4.69, 9.17) is 10.6 Å². The number of nitrogens with one attached hydrogen (secondary N) is 1. The molecule has 3 N–H and O–H groups in total. The van der Waals surface area contributed by atoms with Crippen LogP contribution in [0.4, 0.5) is 14.5 Å². The summed E-state index contributed by atoms with van der Waals surface area (Å²) < 4.78 is 30.6. The highest BCUT2D eigenvalue weighted by atomic mass is 19.1. The average Bonchev–Trinajstić information content (AvgIpc) is 2.36. The second-order valence-electron chi connectivity index (χ2n) is 3.69. The van der Waals surface area contributed by atoms with Crippen LogP contribution in [0, 0.1) is 6.92 Å². The van der Waals surface area contributed by atoms with E-state index in [-0.39, 0.29) is 12.5 Å². The molecule has 1 heterocycles. The normalized spacial score (nSPS) is 11.7. The third kappa shape index (κ3) is 5.31. The van der Waals surface area contributed by atoms with Gasteiger partial charge in [0, 0.05) is 6.07 Å². The summed E-state index contributed by atoms with van der Waals surface area (Å²) in [7, 11) is 0. The molecule has 102 valence electrons. The largest absolute Gasteiger partial charge is 0.470 e. The minimum absolute atomic E-state index is 0.277. The predicted molar refractivity (Wildman–Crippen MR) is 70.9 cm³/mol. The van der Waals surface area contributed by atoms with E-state index >= 15 is 0 Å². The molecule has 0 radical (unpaired) electrons. The van der Waals surface area contributed by atoms with Crippen LogP contribution < -0.4 is 16.0 Å². The highest BCUT2D eigenvalue weighted by Gasteiger charge is 2.02. The monoisotopic (exact) mass is 267 g/mol. The molecule has 0 fully saturated rings. The van der Waals surface area contributed by atoms with Crippen LogP contribution in [0.3, 0.4) is 0 Å². The number of hydrazine groups is 1. The maximum absolute atomic E-state index is 13.3. The number of aryl methyl sites for hydroxylation is 1. The van der Waals surface area contributed by atoms with Crippen molar-refractivity contribution in [2.45, 2.75) is 6.92 Å². The van der Waals surface area contributed by atoms with Crippen LogP contribution in [0.25, 0.3) is 0 Å². The molecule has 0 aliphatic heterocycles.